The van der Waals surface area contributed by atoms with Crippen molar-refractivity contribution in [2.75, 3.05) is 13.7 Å². The smallest absolute Gasteiger partial charge is 0.253 e. The number of benzene rings is 1. The maximum Gasteiger partial charge on any atom is 0.253 e. The second-order valence-corrected chi connectivity index (χ2v) is 6.65. The van der Waals surface area contributed by atoms with Crippen LogP contribution in [0.4, 0.5) is 0 Å². The zero-order valence-corrected chi connectivity index (χ0v) is 15.2. The highest BCUT2D eigenvalue weighted by atomic mass is 17.2. The number of hydrogen-bond donors (Lipinski definition) is 0. The summed E-state index contributed by atoms with van der Waals surface area (Å²) >= 11 is 0. The first kappa shape index (κ1) is 19.3. The number of rotatable bonds is 9. The first-order valence-corrected chi connectivity index (χ1v) is 8.28. The molecule has 2 rings (SSSR count). The van der Waals surface area contributed by atoms with Crippen LogP contribution in [0.3, 0.4) is 0 Å². The average molecular weight is 347 g/mol. The van der Waals surface area contributed by atoms with Crippen LogP contribution >= 0.6 is 0 Å². The van der Waals surface area contributed by atoms with Gasteiger partial charge in [0, 0.05) is 32.2 Å². The number of methoxy groups -OCH3 is 1. The Hall–Kier alpha value is -2.02. The molecule has 6 heteroatoms. The van der Waals surface area contributed by atoms with Crippen molar-refractivity contribution in [3.8, 4) is 0 Å². The summed E-state index contributed by atoms with van der Waals surface area (Å²) in [5.41, 5.74) is 0.332. The number of carbonyl (C=O) groups is 2. The van der Waals surface area contributed by atoms with Crippen molar-refractivity contribution in [2.24, 2.45) is 0 Å². The third-order valence-corrected chi connectivity index (χ3v) is 4.24. The summed E-state index contributed by atoms with van der Waals surface area (Å²) in [5.74, 6) is -1.55. The molecule has 0 N–H and O–H groups in total. The van der Waals surface area contributed by atoms with Gasteiger partial charge in [-0.1, -0.05) is 30.3 Å². The lowest BCUT2D eigenvalue weighted by molar-refractivity contribution is -0.458. The van der Waals surface area contributed by atoms with E-state index in [0.717, 1.165) is 5.56 Å². The molecule has 0 bridgehead atoms. The molecule has 136 valence electrons. The van der Waals surface area contributed by atoms with Gasteiger partial charge >= 0.3 is 0 Å². The minimum atomic E-state index is -0.981. The second-order valence-electron chi connectivity index (χ2n) is 6.65. The van der Waals surface area contributed by atoms with E-state index in [1.165, 1.54) is 24.2 Å². The fourth-order valence-electron chi connectivity index (χ4n) is 2.47. The number of ether oxygens (including phenoxy) is 1. The summed E-state index contributed by atoms with van der Waals surface area (Å²) in [5, 5.41) is 0. The van der Waals surface area contributed by atoms with Crippen LogP contribution in [0.15, 0.2) is 42.5 Å². The van der Waals surface area contributed by atoms with Crippen molar-refractivity contribution in [1.82, 2.24) is 4.90 Å². The van der Waals surface area contributed by atoms with E-state index in [2.05, 4.69) is 0 Å². The van der Waals surface area contributed by atoms with Gasteiger partial charge in [0.05, 0.1) is 0 Å². The molecule has 0 aliphatic carbocycles. The van der Waals surface area contributed by atoms with Gasteiger partial charge < -0.3 is 4.74 Å². The molecule has 0 fully saturated rings. The Morgan fingerprint density at radius 3 is 2.12 bits per heavy atom. The van der Waals surface area contributed by atoms with Crippen LogP contribution in [0, 0.1) is 0 Å². The summed E-state index contributed by atoms with van der Waals surface area (Å²) in [6.45, 7) is 5.90. The minimum absolute atomic E-state index is 0.286. The van der Waals surface area contributed by atoms with E-state index in [9.17, 15) is 9.59 Å². The SMILES string of the molecule is COC(C)(CCCN1C(=O)C=CC1=O)OOC(C)(C)c1ccccc1. The highest BCUT2D eigenvalue weighted by Crippen LogP contribution is 2.29. The lowest BCUT2D eigenvalue weighted by Crippen LogP contribution is -2.37. The van der Waals surface area contributed by atoms with Crippen molar-refractivity contribution >= 4 is 11.8 Å². The van der Waals surface area contributed by atoms with Gasteiger partial charge in [0.15, 0.2) is 5.79 Å². The van der Waals surface area contributed by atoms with E-state index < -0.39 is 11.4 Å². The maximum atomic E-state index is 11.6. The van der Waals surface area contributed by atoms with Gasteiger partial charge in [0.25, 0.3) is 11.8 Å². The average Bonchev–Trinajstić information content (AvgIpc) is 2.93. The Bertz CT molecular complexity index is 622. The molecule has 0 radical (unpaired) electrons. The number of hydrogen-bond acceptors (Lipinski definition) is 5. The predicted octanol–water partition coefficient (Wildman–Crippen LogP) is 2.94. The first-order valence-electron chi connectivity index (χ1n) is 8.28. The fraction of sp³-hybridized carbons (Fsp3) is 0.474. The van der Waals surface area contributed by atoms with Crippen LogP contribution in [0.2, 0.25) is 0 Å². The molecule has 1 heterocycles. The van der Waals surface area contributed by atoms with Gasteiger partial charge in [0.2, 0.25) is 0 Å². The standard InChI is InChI=1S/C19H25NO5/c1-18(2,15-9-6-5-7-10-15)24-25-19(3,23-4)13-8-14-20-16(21)11-12-17(20)22/h5-7,9-12H,8,13-14H2,1-4H3. The topological polar surface area (TPSA) is 65.1 Å². The molecule has 0 saturated heterocycles. The Morgan fingerprint density at radius 2 is 1.56 bits per heavy atom. The molecule has 1 aliphatic heterocycles. The van der Waals surface area contributed by atoms with Crippen molar-refractivity contribution in [2.45, 2.75) is 45.0 Å². The van der Waals surface area contributed by atoms with Crippen molar-refractivity contribution < 1.29 is 24.1 Å². The van der Waals surface area contributed by atoms with Crippen LogP contribution in [-0.2, 0) is 29.7 Å². The maximum absolute atomic E-state index is 11.6. The van der Waals surface area contributed by atoms with Crippen LogP contribution < -0.4 is 0 Å². The quantitative estimate of drug-likeness (QED) is 0.297. The number of imide groups is 1. The van der Waals surface area contributed by atoms with Crippen LogP contribution in [0.5, 0.6) is 0 Å². The molecule has 1 aromatic rings. The van der Waals surface area contributed by atoms with Crippen LogP contribution in [0.25, 0.3) is 0 Å². The Labute approximate surface area is 148 Å². The van der Waals surface area contributed by atoms with Gasteiger partial charge in [-0.15, -0.1) is 0 Å². The van der Waals surface area contributed by atoms with Gasteiger partial charge in [-0.2, -0.15) is 0 Å². The lowest BCUT2D eigenvalue weighted by Gasteiger charge is -2.32. The summed E-state index contributed by atoms with van der Waals surface area (Å²) in [4.78, 5) is 35.6. The predicted molar refractivity (Wildman–Crippen MR) is 92.1 cm³/mol. The van der Waals surface area contributed by atoms with E-state index in [-0.39, 0.29) is 11.8 Å². The Balaban J connectivity index is 1.87. The van der Waals surface area contributed by atoms with E-state index in [1.54, 1.807) is 6.92 Å². The van der Waals surface area contributed by atoms with Crippen LogP contribution in [0.1, 0.15) is 39.2 Å². The van der Waals surface area contributed by atoms with E-state index in [4.69, 9.17) is 14.5 Å². The second kappa shape index (κ2) is 7.91. The number of amides is 2. The van der Waals surface area contributed by atoms with Gasteiger partial charge in [-0.25, -0.2) is 9.78 Å². The first-order chi connectivity index (χ1) is 11.8. The molecule has 1 unspecified atom stereocenters. The zero-order valence-electron chi connectivity index (χ0n) is 15.2. The molecule has 0 aromatic heterocycles. The third kappa shape index (κ3) is 4.98. The molecule has 6 nitrogen and oxygen atoms in total. The Kier molecular flexibility index (Phi) is 6.11. The molecule has 2 amide bonds. The zero-order chi connectivity index (χ0) is 18.5. The molecule has 0 saturated carbocycles. The van der Waals surface area contributed by atoms with Crippen molar-refractivity contribution in [3.63, 3.8) is 0 Å². The van der Waals surface area contributed by atoms with E-state index >= 15 is 0 Å². The molecule has 1 atom stereocenters. The molecule has 0 spiro atoms. The van der Waals surface area contributed by atoms with Gasteiger partial charge in [-0.3, -0.25) is 14.5 Å². The minimum Gasteiger partial charge on any atom is -0.351 e. The molecule has 25 heavy (non-hydrogen) atoms. The van der Waals surface area contributed by atoms with Crippen molar-refractivity contribution in [1.29, 1.82) is 0 Å². The monoisotopic (exact) mass is 347 g/mol. The molecule has 1 aromatic carbocycles. The molecular formula is C19H25NO5. The van der Waals surface area contributed by atoms with Crippen LogP contribution in [-0.4, -0.2) is 36.2 Å². The summed E-state index contributed by atoms with van der Waals surface area (Å²) in [6, 6.07) is 9.74. The van der Waals surface area contributed by atoms with Gasteiger partial charge in [0.1, 0.15) is 5.60 Å². The fourth-order valence-corrected chi connectivity index (χ4v) is 2.47. The third-order valence-electron chi connectivity index (χ3n) is 4.24. The number of carbonyl (C=O) groups excluding carboxylic acids is 2. The molecule has 1 aliphatic rings. The lowest BCUT2D eigenvalue weighted by atomic mass is 9.99. The highest BCUT2D eigenvalue weighted by Gasteiger charge is 2.32. The normalized spacial score (nSPS) is 17.2. The molecular weight excluding hydrogens is 322 g/mol. The highest BCUT2D eigenvalue weighted by molar-refractivity contribution is 6.12. The summed E-state index contributed by atoms with van der Waals surface area (Å²) in [6.07, 6.45) is 3.56. The van der Waals surface area contributed by atoms with Crippen molar-refractivity contribution in [3.05, 3.63) is 48.0 Å². The Morgan fingerprint density at radius 1 is 0.960 bits per heavy atom. The summed E-state index contributed by atoms with van der Waals surface area (Å²) < 4.78 is 5.44. The summed E-state index contributed by atoms with van der Waals surface area (Å²) in [7, 11) is 1.53. The van der Waals surface area contributed by atoms with E-state index in [1.807, 2.05) is 44.2 Å². The number of nitrogens with zero attached hydrogens (tertiary/aromatic N) is 1. The largest absolute Gasteiger partial charge is 0.351 e. The van der Waals surface area contributed by atoms with Gasteiger partial charge in [-0.05, 0) is 32.8 Å². The van der Waals surface area contributed by atoms with E-state index in [0.29, 0.717) is 19.4 Å².